The maximum atomic E-state index is 13.6. The van der Waals surface area contributed by atoms with Crippen LogP contribution in [0.15, 0.2) is 72.8 Å². The van der Waals surface area contributed by atoms with E-state index < -0.39 is 6.04 Å². The molecule has 1 atom stereocenters. The molecule has 0 bridgehead atoms. The molecule has 3 rings (SSSR count). The highest BCUT2D eigenvalue weighted by Gasteiger charge is 2.30. The van der Waals surface area contributed by atoms with Crippen molar-refractivity contribution in [1.82, 2.24) is 10.2 Å². The number of hydrogen-bond acceptors (Lipinski definition) is 4. The van der Waals surface area contributed by atoms with Gasteiger partial charge in [0.15, 0.2) is 0 Å². The second-order valence-corrected chi connectivity index (χ2v) is 9.33. The summed E-state index contributed by atoms with van der Waals surface area (Å²) in [6, 6.07) is 21.4. The summed E-state index contributed by atoms with van der Waals surface area (Å²) in [7, 11) is 1.61. The monoisotopic (exact) mass is 542 g/mol. The fourth-order valence-electron chi connectivity index (χ4n) is 3.91. The molecule has 0 aliphatic carbocycles. The third-order valence-electron chi connectivity index (χ3n) is 5.84. The molecule has 0 saturated carbocycles. The summed E-state index contributed by atoms with van der Waals surface area (Å²) in [6.07, 6.45) is 1.08. The summed E-state index contributed by atoms with van der Waals surface area (Å²) in [5.41, 5.74) is 1.68. The Bertz CT molecular complexity index is 1160. The first-order valence-corrected chi connectivity index (χ1v) is 13.0. The van der Waals surface area contributed by atoms with Crippen LogP contribution in [0.25, 0.3) is 0 Å². The molecule has 0 spiro atoms. The zero-order chi connectivity index (χ0) is 26.6. The van der Waals surface area contributed by atoms with Gasteiger partial charge in [-0.05, 0) is 60.9 Å². The maximum absolute atomic E-state index is 13.6. The third-order valence-corrected chi connectivity index (χ3v) is 6.43. The van der Waals surface area contributed by atoms with Gasteiger partial charge in [0.05, 0.1) is 13.7 Å². The van der Waals surface area contributed by atoms with Crippen molar-refractivity contribution >= 4 is 35.0 Å². The van der Waals surface area contributed by atoms with Crippen LogP contribution in [0.1, 0.15) is 30.9 Å². The lowest BCUT2D eigenvalue weighted by Crippen LogP contribution is -2.50. The number of nitrogens with zero attached hydrogens (tertiary/aromatic N) is 1. The van der Waals surface area contributed by atoms with Crippen LogP contribution in [-0.2, 0) is 22.6 Å². The Kier molecular flexibility index (Phi) is 11.1. The summed E-state index contributed by atoms with van der Waals surface area (Å²) in [5.74, 6) is 1.08. The SMILES string of the molecule is CCNC(=O)C(Cc1ccccc1)N(Cc1ccc(Cl)cc1Cl)C(=O)CCCOc1ccc(OC)cc1. The van der Waals surface area contributed by atoms with E-state index in [-0.39, 0.29) is 24.8 Å². The Balaban J connectivity index is 1.77. The fraction of sp³-hybridized carbons (Fsp3) is 0.310. The van der Waals surface area contributed by atoms with E-state index in [9.17, 15) is 9.59 Å². The molecule has 2 amide bonds. The van der Waals surface area contributed by atoms with Crippen molar-refractivity contribution in [3.8, 4) is 11.5 Å². The summed E-state index contributed by atoms with van der Waals surface area (Å²) in [6.45, 7) is 2.86. The quantitative estimate of drug-likeness (QED) is 0.271. The smallest absolute Gasteiger partial charge is 0.243 e. The van der Waals surface area contributed by atoms with Gasteiger partial charge in [-0.1, -0.05) is 59.6 Å². The zero-order valence-corrected chi connectivity index (χ0v) is 22.6. The van der Waals surface area contributed by atoms with Gasteiger partial charge < -0.3 is 19.7 Å². The number of likely N-dealkylation sites (N-methyl/N-ethyl adjacent to an activating group) is 1. The van der Waals surface area contributed by atoms with Crippen molar-refractivity contribution in [2.75, 3.05) is 20.3 Å². The summed E-state index contributed by atoms with van der Waals surface area (Å²) >= 11 is 12.5. The van der Waals surface area contributed by atoms with Crippen molar-refractivity contribution in [3.63, 3.8) is 0 Å². The predicted octanol–water partition coefficient (Wildman–Crippen LogP) is 5.94. The molecule has 0 saturated heterocycles. The number of halogens is 2. The summed E-state index contributed by atoms with van der Waals surface area (Å²) in [4.78, 5) is 28.4. The molecule has 0 aliphatic rings. The van der Waals surface area contributed by atoms with Crippen molar-refractivity contribution < 1.29 is 19.1 Å². The largest absolute Gasteiger partial charge is 0.497 e. The molecular weight excluding hydrogens is 511 g/mol. The Hall–Kier alpha value is -3.22. The van der Waals surface area contributed by atoms with Gasteiger partial charge in [-0.25, -0.2) is 0 Å². The second-order valence-electron chi connectivity index (χ2n) is 8.49. The number of nitrogens with one attached hydrogen (secondary N) is 1. The van der Waals surface area contributed by atoms with Crippen LogP contribution in [0.2, 0.25) is 10.0 Å². The number of amides is 2. The van der Waals surface area contributed by atoms with Gasteiger partial charge in [0.2, 0.25) is 11.8 Å². The maximum Gasteiger partial charge on any atom is 0.243 e. The van der Waals surface area contributed by atoms with E-state index in [1.165, 1.54) is 0 Å². The number of benzene rings is 3. The Morgan fingerprint density at radius 2 is 1.68 bits per heavy atom. The molecule has 0 heterocycles. The normalized spacial score (nSPS) is 11.5. The van der Waals surface area contributed by atoms with E-state index in [0.717, 1.165) is 16.9 Å². The average Bonchev–Trinajstić information content (AvgIpc) is 2.90. The number of carbonyl (C=O) groups excluding carboxylic acids is 2. The minimum atomic E-state index is -0.705. The molecule has 37 heavy (non-hydrogen) atoms. The van der Waals surface area contributed by atoms with Gasteiger partial charge in [0.1, 0.15) is 17.5 Å². The van der Waals surface area contributed by atoms with E-state index in [2.05, 4.69) is 5.32 Å². The van der Waals surface area contributed by atoms with E-state index in [0.29, 0.717) is 41.8 Å². The highest BCUT2D eigenvalue weighted by Crippen LogP contribution is 2.25. The number of methoxy groups -OCH3 is 1. The van der Waals surface area contributed by atoms with Gasteiger partial charge in [-0.15, -0.1) is 0 Å². The molecule has 196 valence electrons. The second kappa shape index (κ2) is 14.5. The number of hydrogen-bond donors (Lipinski definition) is 1. The molecule has 3 aromatic carbocycles. The average molecular weight is 543 g/mol. The first-order chi connectivity index (χ1) is 17.9. The van der Waals surface area contributed by atoms with Crippen molar-refractivity contribution in [3.05, 3.63) is 94.0 Å². The lowest BCUT2D eigenvalue weighted by Gasteiger charge is -2.32. The first kappa shape index (κ1) is 28.4. The van der Waals surface area contributed by atoms with E-state index in [4.69, 9.17) is 32.7 Å². The van der Waals surface area contributed by atoms with Gasteiger partial charge >= 0.3 is 0 Å². The van der Waals surface area contributed by atoms with Crippen molar-refractivity contribution in [2.45, 2.75) is 38.8 Å². The molecule has 1 N–H and O–H groups in total. The minimum Gasteiger partial charge on any atom is -0.497 e. The van der Waals surface area contributed by atoms with E-state index in [1.54, 1.807) is 30.2 Å². The summed E-state index contributed by atoms with van der Waals surface area (Å²) < 4.78 is 10.9. The molecule has 6 nitrogen and oxygen atoms in total. The van der Waals surface area contributed by atoms with E-state index in [1.807, 2.05) is 61.5 Å². The van der Waals surface area contributed by atoms with E-state index >= 15 is 0 Å². The van der Waals surface area contributed by atoms with Crippen LogP contribution in [0.3, 0.4) is 0 Å². The molecule has 0 aliphatic heterocycles. The predicted molar refractivity (Wildman–Crippen MR) is 147 cm³/mol. The number of ether oxygens (including phenoxy) is 2. The molecule has 0 radical (unpaired) electrons. The number of rotatable bonds is 13. The number of carbonyl (C=O) groups is 2. The first-order valence-electron chi connectivity index (χ1n) is 12.2. The van der Waals surface area contributed by atoms with Crippen LogP contribution < -0.4 is 14.8 Å². The fourth-order valence-corrected chi connectivity index (χ4v) is 4.38. The van der Waals surface area contributed by atoms with Crippen LogP contribution in [0, 0.1) is 0 Å². The lowest BCUT2D eigenvalue weighted by molar-refractivity contribution is -0.141. The van der Waals surface area contributed by atoms with Crippen LogP contribution in [0.4, 0.5) is 0 Å². The molecule has 0 fully saturated rings. The summed E-state index contributed by atoms with van der Waals surface area (Å²) in [5, 5.41) is 3.84. The van der Waals surface area contributed by atoms with Gasteiger partial charge in [0, 0.05) is 36.0 Å². The minimum absolute atomic E-state index is 0.156. The van der Waals surface area contributed by atoms with Crippen molar-refractivity contribution in [2.24, 2.45) is 0 Å². The molecule has 0 aromatic heterocycles. The molecule has 3 aromatic rings. The molecule has 8 heteroatoms. The Morgan fingerprint density at radius 3 is 2.32 bits per heavy atom. The van der Waals surface area contributed by atoms with Gasteiger partial charge in [-0.2, -0.15) is 0 Å². The van der Waals surface area contributed by atoms with Crippen LogP contribution in [-0.4, -0.2) is 43.0 Å². The topological polar surface area (TPSA) is 67.9 Å². The zero-order valence-electron chi connectivity index (χ0n) is 21.1. The van der Waals surface area contributed by atoms with Gasteiger partial charge in [0.25, 0.3) is 0 Å². The van der Waals surface area contributed by atoms with Gasteiger partial charge in [-0.3, -0.25) is 9.59 Å². The Labute approximate surface area is 228 Å². The highest BCUT2D eigenvalue weighted by molar-refractivity contribution is 6.35. The Morgan fingerprint density at radius 1 is 0.973 bits per heavy atom. The highest BCUT2D eigenvalue weighted by atomic mass is 35.5. The molecular formula is C29H32Cl2N2O4. The van der Waals surface area contributed by atoms with Crippen LogP contribution in [0.5, 0.6) is 11.5 Å². The lowest BCUT2D eigenvalue weighted by atomic mass is 10.0. The molecule has 1 unspecified atom stereocenters. The van der Waals surface area contributed by atoms with Crippen LogP contribution >= 0.6 is 23.2 Å². The standard InChI is InChI=1S/C29H32Cl2N2O4/c1-3-32-29(35)27(18-21-8-5-4-6-9-21)33(20-22-11-12-23(30)19-26(22)31)28(34)10-7-17-37-25-15-13-24(36-2)14-16-25/h4-6,8-9,11-16,19,27H,3,7,10,17-18,20H2,1-2H3,(H,32,35). The van der Waals surface area contributed by atoms with Crippen molar-refractivity contribution in [1.29, 1.82) is 0 Å². The third kappa shape index (κ3) is 8.69.